The van der Waals surface area contributed by atoms with E-state index < -0.39 is 5.97 Å². The van der Waals surface area contributed by atoms with Crippen LogP contribution in [0.25, 0.3) is 0 Å². The molecule has 1 saturated carbocycles. The number of nitrogens with zero attached hydrogens (tertiary/aromatic N) is 1. The number of nitrogens with one attached hydrogen (secondary N) is 1. The Balaban J connectivity index is 1.30. The van der Waals surface area contributed by atoms with Crippen molar-refractivity contribution in [2.75, 3.05) is 5.32 Å². The molecule has 8 heteroatoms. The van der Waals surface area contributed by atoms with E-state index in [1.165, 1.54) is 6.07 Å². The van der Waals surface area contributed by atoms with Gasteiger partial charge >= 0.3 is 5.97 Å². The summed E-state index contributed by atoms with van der Waals surface area (Å²) >= 11 is 6.37. The van der Waals surface area contributed by atoms with E-state index >= 15 is 0 Å². The zero-order valence-corrected chi connectivity index (χ0v) is 19.2. The van der Waals surface area contributed by atoms with Crippen LogP contribution in [0.5, 0.6) is 17.4 Å². The number of amides is 1. The smallest absolute Gasteiger partial charge is 0.337 e. The maximum atomic E-state index is 12.3. The Hall–Kier alpha value is -3.58. The van der Waals surface area contributed by atoms with Gasteiger partial charge in [-0.1, -0.05) is 24.6 Å². The number of aromatic nitrogens is 1. The van der Waals surface area contributed by atoms with Crippen molar-refractivity contribution in [3.05, 3.63) is 78.0 Å². The van der Waals surface area contributed by atoms with Gasteiger partial charge in [-0.3, -0.25) is 4.79 Å². The van der Waals surface area contributed by atoms with Crippen molar-refractivity contribution in [2.24, 2.45) is 0 Å². The average molecular weight is 481 g/mol. The van der Waals surface area contributed by atoms with E-state index in [4.69, 9.17) is 21.1 Å². The molecule has 4 rings (SSSR count). The molecule has 1 amide bonds. The Bertz CT molecular complexity index is 1130. The summed E-state index contributed by atoms with van der Waals surface area (Å²) in [5.74, 6) is 0.320. The fraction of sp³-hybridized carbons (Fsp3) is 0.269. The summed E-state index contributed by atoms with van der Waals surface area (Å²) in [5, 5.41) is 11.9. The van der Waals surface area contributed by atoms with E-state index in [9.17, 15) is 14.7 Å². The summed E-state index contributed by atoms with van der Waals surface area (Å²) in [6.07, 6.45) is 5.87. The minimum Gasteiger partial charge on any atom is -0.489 e. The molecule has 2 atom stereocenters. The normalized spacial score (nSPS) is 17.6. The van der Waals surface area contributed by atoms with Crippen LogP contribution in [-0.4, -0.2) is 33.4 Å². The number of alkyl halides is 1. The molecule has 0 radical (unpaired) electrons. The van der Waals surface area contributed by atoms with Crippen molar-refractivity contribution in [1.82, 2.24) is 4.98 Å². The molecule has 1 heterocycles. The topological polar surface area (TPSA) is 97.8 Å². The number of carbonyl (C=O) groups is 2. The first-order chi connectivity index (χ1) is 16.5. The summed E-state index contributed by atoms with van der Waals surface area (Å²) in [6.45, 7) is 0. The monoisotopic (exact) mass is 480 g/mol. The van der Waals surface area contributed by atoms with E-state index in [1.807, 2.05) is 24.3 Å². The third-order valence-corrected chi connectivity index (χ3v) is 6.05. The highest BCUT2D eigenvalue weighted by Crippen LogP contribution is 2.29. The number of hydrogen-bond donors (Lipinski definition) is 2. The lowest BCUT2D eigenvalue weighted by atomic mass is 9.97. The van der Waals surface area contributed by atoms with Crippen LogP contribution in [-0.2, 0) is 11.2 Å². The highest BCUT2D eigenvalue weighted by molar-refractivity contribution is 6.21. The number of benzene rings is 2. The SMILES string of the molecule is O=C(Cc1ccc(Oc2ccc(OC3CCCCC3Cl)cc2)nc1)Nc1ccccc1C(=O)O. The second-order valence-corrected chi connectivity index (χ2v) is 8.67. The highest BCUT2D eigenvalue weighted by Gasteiger charge is 2.24. The number of carboxylic acids is 1. The quantitative estimate of drug-likeness (QED) is 0.402. The van der Waals surface area contributed by atoms with Crippen molar-refractivity contribution >= 4 is 29.2 Å². The molecule has 0 aliphatic heterocycles. The van der Waals surface area contributed by atoms with E-state index in [0.29, 0.717) is 17.2 Å². The van der Waals surface area contributed by atoms with E-state index in [1.54, 1.807) is 36.5 Å². The van der Waals surface area contributed by atoms with Crippen LogP contribution >= 0.6 is 11.6 Å². The molecule has 0 saturated heterocycles. The number of para-hydroxylation sites is 1. The van der Waals surface area contributed by atoms with Gasteiger partial charge in [0.15, 0.2) is 0 Å². The Morgan fingerprint density at radius 2 is 1.74 bits per heavy atom. The van der Waals surface area contributed by atoms with Gasteiger partial charge in [0.05, 0.1) is 23.0 Å². The Morgan fingerprint density at radius 1 is 1.00 bits per heavy atom. The van der Waals surface area contributed by atoms with Crippen LogP contribution < -0.4 is 14.8 Å². The molecular formula is C26H25ClN2O5. The Kier molecular flexibility index (Phi) is 7.65. The zero-order chi connectivity index (χ0) is 23.9. The van der Waals surface area contributed by atoms with Crippen LogP contribution in [0.15, 0.2) is 66.9 Å². The maximum absolute atomic E-state index is 12.3. The third-order valence-electron chi connectivity index (χ3n) is 5.55. The van der Waals surface area contributed by atoms with Crippen molar-refractivity contribution in [2.45, 2.75) is 43.6 Å². The number of hydrogen-bond acceptors (Lipinski definition) is 5. The maximum Gasteiger partial charge on any atom is 0.337 e. The largest absolute Gasteiger partial charge is 0.489 e. The molecule has 34 heavy (non-hydrogen) atoms. The number of halogens is 1. The van der Waals surface area contributed by atoms with Gasteiger partial charge in [-0.15, -0.1) is 11.6 Å². The van der Waals surface area contributed by atoms with Crippen molar-refractivity contribution in [3.8, 4) is 17.4 Å². The number of carboxylic acid groups (broad SMARTS) is 1. The van der Waals surface area contributed by atoms with Gasteiger partial charge in [-0.25, -0.2) is 9.78 Å². The zero-order valence-electron chi connectivity index (χ0n) is 18.4. The number of ether oxygens (including phenoxy) is 2. The molecule has 2 N–H and O–H groups in total. The van der Waals surface area contributed by atoms with Gasteiger partial charge in [0, 0.05) is 12.3 Å². The average Bonchev–Trinajstić information content (AvgIpc) is 2.83. The number of pyridine rings is 1. The summed E-state index contributed by atoms with van der Waals surface area (Å²) in [7, 11) is 0. The molecule has 1 aliphatic rings. The van der Waals surface area contributed by atoms with Crippen LogP contribution in [0.2, 0.25) is 0 Å². The lowest BCUT2D eigenvalue weighted by Gasteiger charge is -2.27. The Labute approximate surface area is 202 Å². The molecule has 7 nitrogen and oxygen atoms in total. The highest BCUT2D eigenvalue weighted by atomic mass is 35.5. The molecule has 1 fully saturated rings. The minimum atomic E-state index is -1.10. The molecular weight excluding hydrogens is 456 g/mol. The van der Waals surface area contributed by atoms with Crippen LogP contribution in [0.3, 0.4) is 0 Å². The second-order valence-electron chi connectivity index (χ2n) is 8.11. The summed E-state index contributed by atoms with van der Waals surface area (Å²) in [6, 6.07) is 17.0. The van der Waals surface area contributed by atoms with Gasteiger partial charge in [0.25, 0.3) is 0 Å². The lowest BCUT2D eigenvalue weighted by Crippen LogP contribution is -2.30. The van der Waals surface area contributed by atoms with E-state index in [0.717, 1.165) is 31.4 Å². The standard InChI is InChI=1S/C26H25ClN2O5/c27-21-6-2-4-8-23(21)33-18-10-12-19(13-11-18)34-25-14-9-17(16-28-25)15-24(30)29-22-7-3-1-5-20(22)26(31)32/h1,3,5,7,9-14,16,21,23H,2,4,6,8,15H2,(H,29,30)(H,31,32). The lowest BCUT2D eigenvalue weighted by molar-refractivity contribution is -0.115. The molecule has 3 aromatic rings. The number of carbonyl (C=O) groups excluding carboxylic acids is 1. The number of rotatable bonds is 8. The Morgan fingerprint density at radius 3 is 2.44 bits per heavy atom. The second kappa shape index (κ2) is 11.0. The predicted molar refractivity (Wildman–Crippen MR) is 129 cm³/mol. The van der Waals surface area contributed by atoms with Gasteiger partial charge in [-0.2, -0.15) is 0 Å². The molecule has 2 aromatic carbocycles. The first kappa shape index (κ1) is 23.6. The number of anilines is 1. The fourth-order valence-electron chi connectivity index (χ4n) is 3.80. The number of aromatic carboxylic acids is 1. The summed E-state index contributed by atoms with van der Waals surface area (Å²) in [5.41, 5.74) is 0.963. The first-order valence-corrected chi connectivity index (χ1v) is 11.6. The van der Waals surface area contributed by atoms with Crippen LogP contribution in [0.1, 0.15) is 41.6 Å². The first-order valence-electron chi connectivity index (χ1n) is 11.1. The predicted octanol–water partition coefficient (Wildman–Crippen LogP) is 5.68. The van der Waals surface area contributed by atoms with Crippen molar-refractivity contribution in [3.63, 3.8) is 0 Å². The van der Waals surface area contributed by atoms with E-state index in [2.05, 4.69) is 10.3 Å². The van der Waals surface area contributed by atoms with Crippen LogP contribution in [0, 0.1) is 0 Å². The fourth-order valence-corrected chi connectivity index (χ4v) is 4.13. The molecule has 0 bridgehead atoms. The van der Waals surface area contributed by atoms with E-state index in [-0.39, 0.29) is 35.1 Å². The van der Waals surface area contributed by atoms with Gasteiger partial charge in [0.2, 0.25) is 11.8 Å². The molecule has 2 unspecified atom stereocenters. The van der Waals surface area contributed by atoms with Crippen molar-refractivity contribution in [1.29, 1.82) is 0 Å². The molecule has 1 aliphatic carbocycles. The van der Waals surface area contributed by atoms with Crippen molar-refractivity contribution < 1.29 is 24.2 Å². The van der Waals surface area contributed by atoms with Gasteiger partial charge < -0.3 is 19.9 Å². The van der Waals surface area contributed by atoms with Gasteiger partial charge in [0.1, 0.15) is 17.6 Å². The molecule has 1 aromatic heterocycles. The summed E-state index contributed by atoms with van der Waals surface area (Å²) in [4.78, 5) is 27.9. The van der Waals surface area contributed by atoms with Crippen LogP contribution in [0.4, 0.5) is 5.69 Å². The minimum absolute atomic E-state index is 0.0335. The third kappa shape index (κ3) is 6.26. The summed E-state index contributed by atoms with van der Waals surface area (Å²) < 4.78 is 11.8. The molecule has 0 spiro atoms. The van der Waals surface area contributed by atoms with Gasteiger partial charge in [-0.05, 0) is 61.2 Å². The molecule has 176 valence electrons.